The maximum Gasteiger partial charge on any atom is 0.220 e. The van der Waals surface area contributed by atoms with E-state index in [1.54, 1.807) is 0 Å². The first kappa shape index (κ1) is 71.3. The topological polar surface area (TPSA) is 69.6 Å². The third kappa shape index (κ3) is 60.2. The fourth-order valence-corrected chi connectivity index (χ4v) is 9.73. The van der Waals surface area contributed by atoms with Crippen LogP contribution in [0.1, 0.15) is 322 Å². The molecule has 0 heterocycles. The largest absolute Gasteiger partial charge is 0.394 e. The standard InChI is InChI=1S/C70H125NO3/c1-3-5-7-9-11-13-15-17-19-21-23-25-26-27-28-29-30-31-32-33-34-35-36-37-38-39-40-41-42-43-44-46-48-50-52-54-56-58-60-62-64-66-70(74)71-68(67-72)69(73)65-63-61-59-57-55-53-51-49-47-45-24-22-20-18-16-14-12-10-8-6-4-2/h5,7,11,13,17,19,23,25,27-28,30-31,33-34,36-37,68-69,72-73H,3-4,6,8-10,12,14-16,18,20-22,24,26,29,32,35,38-67H2,1-2H3,(H,71,74)/b7-5-,13-11-,19-17-,25-23-,28-27-,31-30-,34-33-,37-36-. The van der Waals surface area contributed by atoms with Crippen molar-refractivity contribution in [1.82, 2.24) is 5.32 Å². The lowest BCUT2D eigenvalue weighted by Crippen LogP contribution is -2.45. The number of unbranched alkanes of at least 4 members (excludes halogenated alkanes) is 36. The van der Waals surface area contributed by atoms with Crippen LogP contribution in [0.3, 0.4) is 0 Å². The van der Waals surface area contributed by atoms with Crippen molar-refractivity contribution < 1.29 is 15.0 Å². The van der Waals surface area contributed by atoms with E-state index >= 15 is 0 Å². The summed E-state index contributed by atoms with van der Waals surface area (Å²) in [5.74, 6) is -0.0295. The normalized spacial score (nSPS) is 13.4. The second kappa shape index (κ2) is 64.6. The summed E-state index contributed by atoms with van der Waals surface area (Å²) in [7, 11) is 0. The monoisotopic (exact) mass is 1030 g/mol. The van der Waals surface area contributed by atoms with Crippen molar-refractivity contribution in [2.75, 3.05) is 6.61 Å². The van der Waals surface area contributed by atoms with E-state index in [-0.39, 0.29) is 12.5 Å². The van der Waals surface area contributed by atoms with Crippen molar-refractivity contribution in [1.29, 1.82) is 0 Å². The molecule has 428 valence electrons. The number of rotatable bonds is 59. The van der Waals surface area contributed by atoms with E-state index in [2.05, 4.69) is 116 Å². The molecule has 0 aliphatic carbocycles. The first-order chi connectivity index (χ1) is 36.7. The molecule has 74 heavy (non-hydrogen) atoms. The lowest BCUT2D eigenvalue weighted by molar-refractivity contribution is -0.123. The van der Waals surface area contributed by atoms with Gasteiger partial charge in [0.2, 0.25) is 5.91 Å². The number of hydrogen-bond donors (Lipinski definition) is 3. The van der Waals surface area contributed by atoms with Crippen LogP contribution in [0, 0.1) is 0 Å². The molecule has 0 saturated heterocycles. The molecule has 3 N–H and O–H groups in total. The van der Waals surface area contributed by atoms with Gasteiger partial charge in [-0.05, 0) is 77.0 Å². The third-order valence-corrected chi connectivity index (χ3v) is 14.6. The van der Waals surface area contributed by atoms with Crippen LogP contribution in [-0.2, 0) is 4.79 Å². The van der Waals surface area contributed by atoms with Gasteiger partial charge < -0.3 is 15.5 Å². The van der Waals surface area contributed by atoms with Crippen LogP contribution in [0.4, 0.5) is 0 Å². The summed E-state index contributed by atoms with van der Waals surface area (Å²) >= 11 is 0. The van der Waals surface area contributed by atoms with Crippen molar-refractivity contribution >= 4 is 5.91 Å². The van der Waals surface area contributed by atoms with E-state index in [9.17, 15) is 15.0 Å². The maximum absolute atomic E-state index is 12.5. The Bertz CT molecular complexity index is 1350. The molecule has 2 unspecified atom stereocenters. The number of aliphatic hydroxyl groups is 2. The number of allylic oxidation sites excluding steroid dienone is 16. The molecular weight excluding hydrogens is 903 g/mol. The van der Waals surface area contributed by atoms with Gasteiger partial charge >= 0.3 is 0 Å². The molecule has 0 aliphatic rings. The van der Waals surface area contributed by atoms with Gasteiger partial charge in [0.1, 0.15) is 0 Å². The zero-order valence-electron chi connectivity index (χ0n) is 49.3. The Morgan fingerprint density at radius 3 is 0.892 bits per heavy atom. The Kier molecular flexibility index (Phi) is 62.2. The van der Waals surface area contributed by atoms with E-state index in [1.165, 1.54) is 218 Å². The predicted octanol–water partition coefficient (Wildman–Crippen LogP) is 22.0. The minimum absolute atomic E-state index is 0.0295. The minimum atomic E-state index is -0.664. The highest BCUT2D eigenvalue weighted by Crippen LogP contribution is 2.18. The Morgan fingerprint density at radius 2 is 0.595 bits per heavy atom. The Balaban J connectivity index is 3.48. The van der Waals surface area contributed by atoms with Gasteiger partial charge in [-0.15, -0.1) is 0 Å². The summed E-state index contributed by atoms with van der Waals surface area (Å²) < 4.78 is 0. The highest BCUT2D eigenvalue weighted by Gasteiger charge is 2.20. The lowest BCUT2D eigenvalue weighted by atomic mass is 10.0. The van der Waals surface area contributed by atoms with Gasteiger partial charge in [-0.25, -0.2) is 0 Å². The van der Waals surface area contributed by atoms with Crippen LogP contribution >= 0.6 is 0 Å². The summed E-state index contributed by atoms with van der Waals surface area (Å²) in [4.78, 5) is 12.5. The molecule has 1 amide bonds. The minimum Gasteiger partial charge on any atom is -0.394 e. The van der Waals surface area contributed by atoms with Gasteiger partial charge in [0.25, 0.3) is 0 Å². The van der Waals surface area contributed by atoms with E-state index in [4.69, 9.17) is 0 Å². The molecule has 4 nitrogen and oxygen atoms in total. The van der Waals surface area contributed by atoms with Crippen molar-refractivity contribution in [2.24, 2.45) is 0 Å². The third-order valence-electron chi connectivity index (χ3n) is 14.6. The van der Waals surface area contributed by atoms with Gasteiger partial charge in [-0.3, -0.25) is 4.79 Å². The van der Waals surface area contributed by atoms with Crippen LogP contribution in [0.25, 0.3) is 0 Å². The van der Waals surface area contributed by atoms with Crippen molar-refractivity contribution in [3.05, 3.63) is 97.2 Å². The van der Waals surface area contributed by atoms with E-state index < -0.39 is 12.1 Å². The fourth-order valence-electron chi connectivity index (χ4n) is 9.73. The number of hydrogen-bond acceptors (Lipinski definition) is 3. The second-order valence-corrected chi connectivity index (χ2v) is 21.8. The molecule has 0 aromatic heterocycles. The lowest BCUT2D eigenvalue weighted by Gasteiger charge is -2.22. The number of carbonyl (C=O) groups is 1. The number of aliphatic hydroxyl groups excluding tert-OH is 2. The molecule has 0 aliphatic heterocycles. The highest BCUT2D eigenvalue weighted by atomic mass is 16.3. The molecule has 0 rings (SSSR count). The molecule has 0 saturated carbocycles. The van der Waals surface area contributed by atoms with E-state index in [1.807, 2.05) is 0 Å². The summed E-state index contributed by atoms with van der Waals surface area (Å²) in [6, 6.07) is -0.541. The summed E-state index contributed by atoms with van der Waals surface area (Å²) in [6.45, 7) is 4.27. The molecule has 0 fully saturated rings. The first-order valence-electron chi connectivity index (χ1n) is 32.4. The summed E-state index contributed by atoms with van der Waals surface area (Å²) in [6.07, 6.45) is 95.7. The quantitative estimate of drug-likeness (QED) is 0.0420. The van der Waals surface area contributed by atoms with Crippen LogP contribution in [0.2, 0.25) is 0 Å². The van der Waals surface area contributed by atoms with Crippen molar-refractivity contribution in [3.8, 4) is 0 Å². The van der Waals surface area contributed by atoms with Gasteiger partial charge in [0, 0.05) is 6.42 Å². The van der Waals surface area contributed by atoms with Crippen LogP contribution < -0.4 is 5.32 Å². The van der Waals surface area contributed by atoms with Crippen LogP contribution in [-0.4, -0.2) is 34.9 Å². The first-order valence-corrected chi connectivity index (χ1v) is 32.4. The molecule has 0 radical (unpaired) electrons. The average Bonchev–Trinajstić information content (AvgIpc) is 3.40. The van der Waals surface area contributed by atoms with Gasteiger partial charge in [0.15, 0.2) is 0 Å². The Labute approximate surface area is 462 Å². The molecule has 0 spiro atoms. The van der Waals surface area contributed by atoms with E-state index in [0.717, 1.165) is 77.0 Å². The number of nitrogens with one attached hydrogen (secondary N) is 1. The molecular formula is C70H125NO3. The van der Waals surface area contributed by atoms with Gasteiger partial charge in [0.05, 0.1) is 18.8 Å². The molecule has 0 aromatic rings. The SMILES string of the molecule is CC/C=C\C/C=C\C/C=C\C/C=C\C/C=C\C/C=C\C/C=C\C/C=C\CCCCCCCCCCCCCCCCCCC(=O)NC(CO)C(O)CCCCCCCCCCCCCCCCCCCCCCC. The smallest absolute Gasteiger partial charge is 0.220 e. The van der Waals surface area contributed by atoms with Crippen molar-refractivity contribution in [2.45, 2.75) is 334 Å². The van der Waals surface area contributed by atoms with Crippen LogP contribution in [0.5, 0.6) is 0 Å². The molecule has 4 heteroatoms. The van der Waals surface area contributed by atoms with Gasteiger partial charge in [-0.1, -0.05) is 336 Å². The number of carbonyl (C=O) groups excluding carboxylic acids is 1. The van der Waals surface area contributed by atoms with Crippen molar-refractivity contribution in [3.63, 3.8) is 0 Å². The zero-order chi connectivity index (χ0) is 53.4. The Hall–Kier alpha value is -2.69. The van der Waals surface area contributed by atoms with Gasteiger partial charge in [-0.2, -0.15) is 0 Å². The molecule has 2 atom stereocenters. The maximum atomic E-state index is 12.5. The van der Waals surface area contributed by atoms with E-state index in [0.29, 0.717) is 12.8 Å². The Morgan fingerprint density at radius 1 is 0.338 bits per heavy atom. The second-order valence-electron chi connectivity index (χ2n) is 21.8. The zero-order valence-corrected chi connectivity index (χ0v) is 49.3. The number of amides is 1. The highest BCUT2D eigenvalue weighted by molar-refractivity contribution is 5.76. The fraction of sp³-hybridized carbons (Fsp3) is 0.757. The van der Waals surface area contributed by atoms with Crippen LogP contribution in [0.15, 0.2) is 97.2 Å². The predicted molar refractivity (Wildman–Crippen MR) is 331 cm³/mol. The molecule has 0 aromatic carbocycles. The molecule has 0 bridgehead atoms. The summed E-state index contributed by atoms with van der Waals surface area (Å²) in [5, 5.41) is 23.4. The average molecular weight is 1030 g/mol. The summed E-state index contributed by atoms with van der Waals surface area (Å²) in [5.41, 5.74) is 0.